The van der Waals surface area contributed by atoms with E-state index in [2.05, 4.69) is 26.6 Å². The molecular weight excluding hydrogens is 346 g/mol. The monoisotopic (exact) mass is 369 g/mol. The van der Waals surface area contributed by atoms with E-state index in [4.69, 9.17) is 0 Å². The molecule has 0 aliphatic rings. The molecule has 1 atom stereocenters. The van der Waals surface area contributed by atoms with E-state index in [9.17, 15) is 9.59 Å². The topological polar surface area (TPSA) is 61.4 Å². The fourth-order valence-electron chi connectivity index (χ4n) is 2.03. The Balaban J connectivity index is 2.36. The van der Waals surface area contributed by atoms with Gasteiger partial charge in [0.15, 0.2) is 0 Å². The fourth-order valence-corrected chi connectivity index (χ4v) is 2.44. The lowest BCUT2D eigenvalue weighted by atomic mass is 10.1. The Morgan fingerprint density at radius 2 is 2.00 bits per heavy atom. The third kappa shape index (κ3) is 6.15. The van der Waals surface area contributed by atoms with Gasteiger partial charge in [0.25, 0.3) is 0 Å². The Bertz CT molecular complexity index is 508. The van der Waals surface area contributed by atoms with Crippen LogP contribution in [0.25, 0.3) is 0 Å². The number of hydrogen-bond donors (Lipinski definition) is 2. The lowest BCUT2D eigenvalue weighted by Crippen LogP contribution is -2.37. The fraction of sp³-hybridized carbons (Fsp3) is 0.500. The van der Waals surface area contributed by atoms with Crippen molar-refractivity contribution in [3.63, 3.8) is 0 Å². The summed E-state index contributed by atoms with van der Waals surface area (Å²) in [5, 5.41) is 5.75. The third-order valence-corrected chi connectivity index (χ3v) is 4.16. The van der Waals surface area contributed by atoms with Crippen LogP contribution in [0.4, 0.5) is 0 Å². The summed E-state index contributed by atoms with van der Waals surface area (Å²) in [5.41, 5.74) is 1.06. The minimum absolute atomic E-state index is 0.0114. The summed E-state index contributed by atoms with van der Waals surface area (Å²) < 4.78 is 0.990. The highest BCUT2D eigenvalue weighted by Crippen LogP contribution is 2.17. The normalized spacial score (nSPS) is 11.8. The van der Waals surface area contributed by atoms with E-state index in [1.165, 1.54) is 0 Å². The summed E-state index contributed by atoms with van der Waals surface area (Å²) in [6, 6.07) is 7.82. The predicted octanol–water partition coefficient (Wildman–Crippen LogP) is 1.77. The Kier molecular flexibility index (Phi) is 8.12. The average Bonchev–Trinajstić information content (AvgIpc) is 2.49. The van der Waals surface area contributed by atoms with Crippen LogP contribution in [-0.2, 0) is 16.1 Å². The highest BCUT2D eigenvalue weighted by atomic mass is 79.9. The maximum atomic E-state index is 12.1. The van der Waals surface area contributed by atoms with Crippen LogP contribution in [0.2, 0.25) is 0 Å². The largest absolute Gasteiger partial charge is 0.355 e. The Hall–Kier alpha value is -1.40. The van der Waals surface area contributed by atoms with Crippen molar-refractivity contribution in [1.82, 2.24) is 15.5 Å². The van der Waals surface area contributed by atoms with Crippen molar-refractivity contribution in [3.05, 3.63) is 34.3 Å². The SMILES string of the molecule is CNCC(C)C(=O)NCCC(=O)N(C)Cc1ccccc1Br. The minimum Gasteiger partial charge on any atom is -0.355 e. The second-order valence-corrected chi connectivity index (χ2v) is 6.20. The number of hydrogen-bond acceptors (Lipinski definition) is 3. The van der Waals surface area contributed by atoms with Crippen molar-refractivity contribution < 1.29 is 9.59 Å². The van der Waals surface area contributed by atoms with Gasteiger partial charge in [-0.1, -0.05) is 41.1 Å². The van der Waals surface area contributed by atoms with Gasteiger partial charge in [0.1, 0.15) is 0 Å². The van der Waals surface area contributed by atoms with Gasteiger partial charge < -0.3 is 15.5 Å². The van der Waals surface area contributed by atoms with Crippen LogP contribution in [0, 0.1) is 5.92 Å². The van der Waals surface area contributed by atoms with E-state index in [0.717, 1.165) is 10.0 Å². The van der Waals surface area contributed by atoms with Gasteiger partial charge >= 0.3 is 0 Å². The molecule has 0 bridgehead atoms. The molecule has 0 heterocycles. The molecule has 0 radical (unpaired) electrons. The summed E-state index contributed by atoms with van der Waals surface area (Å²) in [6.45, 7) is 3.39. The summed E-state index contributed by atoms with van der Waals surface area (Å²) >= 11 is 3.48. The zero-order valence-corrected chi connectivity index (χ0v) is 14.9. The van der Waals surface area contributed by atoms with Crippen molar-refractivity contribution in [2.45, 2.75) is 19.9 Å². The van der Waals surface area contributed by atoms with Crippen molar-refractivity contribution in [3.8, 4) is 0 Å². The van der Waals surface area contributed by atoms with Crippen molar-refractivity contribution in [2.75, 3.05) is 27.2 Å². The number of nitrogens with zero attached hydrogens (tertiary/aromatic N) is 1. The summed E-state index contributed by atoms with van der Waals surface area (Å²) in [6.07, 6.45) is 0.305. The molecule has 122 valence electrons. The van der Waals surface area contributed by atoms with Gasteiger partial charge in [-0.3, -0.25) is 9.59 Å². The molecule has 0 aromatic heterocycles. The molecule has 2 N–H and O–H groups in total. The van der Waals surface area contributed by atoms with E-state index in [1.807, 2.05) is 38.2 Å². The van der Waals surface area contributed by atoms with Gasteiger partial charge in [-0.25, -0.2) is 0 Å². The number of halogens is 1. The number of carbonyl (C=O) groups is 2. The second-order valence-electron chi connectivity index (χ2n) is 5.34. The van der Waals surface area contributed by atoms with E-state index in [-0.39, 0.29) is 17.7 Å². The maximum absolute atomic E-state index is 12.1. The molecule has 22 heavy (non-hydrogen) atoms. The molecule has 1 rings (SSSR count). The summed E-state index contributed by atoms with van der Waals surface area (Å²) in [7, 11) is 3.58. The highest BCUT2D eigenvalue weighted by Gasteiger charge is 2.14. The van der Waals surface area contributed by atoms with Crippen LogP contribution in [0.3, 0.4) is 0 Å². The molecule has 5 nitrogen and oxygen atoms in total. The van der Waals surface area contributed by atoms with Gasteiger partial charge in [0.2, 0.25) is 11.8 Å². The lowest BCUT2D eigenvalue weighted by molar-refractivity contribution is -0.130. The summed E-state index contributed by atoms with van der Waals surface area (Å²) in [4.78, 5) is 25.5. The first-order valence-electron chi connectivity index (χ1n) is 7.35. The first kappa shape index (κ1) is 18.6. The maximum Gasteiger partial charge on any atom is 0.224 e. The molecule has 0 saturated carbocycles. The molecule has 0 saturated heterocycles. The quantitative estimate of drug-likeness (QED) is 0.733. The number of rotatable bonds is 8. The number of benzene rings is 1. The van der Waals surface area contributed by atoms with Crippen LogP contribution >= 0.6 is 15.9 Å². The first-order chi connectivity index (χ1) is 10.5. The molecule has 0 aliphatic carbocycles. The van der Waals surface area contributed by atoms with Crippen LogP contribution in [0.15, 0.2) is 28.7 Å². The standard InChI is InChI=1S/C16H24BrN3O2/c1-12(10-18-2)16(22)19-9-8-15(21)20(3)11-13-6-4-5-7-14(13)17/h4-7,12,18H,8-11H2,1-3H3,(H,19,22). The highest BCUT2D eigenvalue weighted by molar-refractivity contribution is 9.10. The van der Waals surface area contributed by atoms with E-state index in [1.54, 1.807) is 11.9 Å². The first-order valence-corrected chi connectivity index (χ1v) is 8.14. The number of nitrogens with one attached hydrogen (secondary N) is 2. The molecule has 2 amide bonds. The van der Waals surface area contributed by atoms with E-state index >= 15 is 0 Å². The number of carbonyl (C=O) groups excluding carboxylic acids is 2. The molecular formula is C16H24BrN3O2. The van der Waals surface area contributed by atoms with E-state index < -0.39 is 0 Å². The molecule has 6 heteroatoms. The van der Waals surface area contributed by atoms with Crippen LogP contribution < -0.4 is 10.6 Å². The summed E-state index contributed by atoms with van der Waals surface area (Å²) in [5.74, 6) is -0.119. The van der Waals surface area contributed by atoms with Gasteiger partial charge in [-0.05, 0) is 18.7 Å². The van der Waals surface area contributed by atoms with Crippen molar-refractivity contribution in [2.24, 2.45) is 5.92 Å². The molecule has 0 aliphatic heterocycles. The van der Waals surface area contributed by atoms with Crippen LogP contribution in [-0.4, -0.2) is 43.9 Å². The van der Waals surface area contributed by atoms with Gasteiger partial charge in [-0.15, -0.1) is 0 Å². The molecule has 0 spiro atoms. The smallest absolute Gasteiger partial charge is 0.224 e. The zero-order valence-electron chi connectivity index (χ0n) is 13.4. The Morgan fingerprint density at radius 3 is 2.64 bits per heavy atom. The third-order valence-electron chi connectivity index (χ3n) is 3.39. The van der Waals surface area contributed by atoms with Gasteiger partial charge in [0.05, 0.1) is 0 Å². The van der Waals surface area contributed by atoms with Gasteiger partial charge in [0, 0.05) is 43.5 Å². The second kappa shape index (κ2) is 9.58. The lowest BCUT2D eigenvalue weighted by Gasteiger charge is -2.18. The average molecular weight is 370 g/mol. The molecule has 1 aromatic rings. The predicted molar refractivity (Wildman–Crippen MR) is 91.3 cm³/mol. The van der Waals surface area contributed by atoms with E-state index in [0.29, 0.717) is 26.1 Å². The molecule has 0 fully saturated rings. The van der Waals surface area contributed by atoms with Crippen molar-refractivity contribution >= 4 is 27.7 Å². The Labute approximate surface area is 140 Å². The molecule has 1 aromatic carbocycles. The zero-order chi connectivity index (χ0) is 16.5. The molecule has 1 unspecified atom stereocenters. The van der Waals surface area contributed by atoms with Crippen molar-refractivity contribution in [1.29, 1.82) is 0 Å². The van der Waals surface area contributed by atoms with Gasteiger partial charge in [-0.2, -0.15) is 0 Å². The Morgan fingerprint density at radius 1 is 1.32 bits per heavy atom. The van der Waals surface area contributed by atoms with Crippen LogP contribution in [0.5, 0.6) is 0 Å². The number of amides is 2. The minimum atomic E-state index is -0.0990. The van der Waals surface area contributed by atoms with Crippen LogP contribution in [0.1, 0.15) is 18.9 Å².